The number of pyridine rings is 1. The number of carbonyl (C=O) groups excluding carboxylic acids is 1. The molecule has 0 aliphatic heterocycles. The average Bonchev–Trinajstić information content (AvgIpc) is 3.15. The molecule has 1 aromatic carbocycles. The summed E-state index contributed by atoms with van der Waals surface area (Å²) in [6, 6.07) is 8.25. The van der Waals surface area contributed by atoms with Crippen LogP contribution in [-0.4, -0.2) is 28.1 Å². The Morgan fingerprint density at radius 1 is 1.13 bits per heavy atom. The van der Waals surface area contributed by atoms with Crippen molar-refractivity contribution in [3.63, 3.8) is 0 Å². The average molecular weight is 425 g/mol. The largest absolute Gasteiger partial charge is 0.382 e. The Labute approximate surface area is 181 Å². The van der Waals surface area contributed by atoms with Crippen molar-refractivity contribution in [2.24, 2.45) is 0 Å². The summed E-state index contributed by atoms with van der Waals surface area (Å²) in [4.78, 5) is 17.0. The summed E-state index contributed by atoms with van der Waals surface area (Å²) in [5.74, 6) is -0.138. The van der Waals surface area contributed by atoms with Crippen molar-refractivity contribution in [2.45, 2.75) is 71.1 Å². The van der Waals surface area contributed by atoms with Gasteiger partial charge in [-0.15, -0.1) is 0 Å². The van der Waals surface area contributed by atoms with E-state index in [1.165, 1.54) is 20.1 Å². The lowest BCUT2D eigenvalue weighted by atomic mass is 9.90. The first-order valence-corrected chi connectivity index (χ1v) is 10.8. The number of rotatable bonds is 5. The third kappa shape index (κ3) is 4.70. The van der Waals surface area contributed by atoms with Crippen molar-refractivity contribution in [1.29, 1.82) is 0 Å². The second-order valence-electron chi connectivity index (χ2n) is 9.03. The maximum atomic E-state index is 14.7. The van der Waals surface area contributed by atoms with E-state index in [4.69, 9.17) is 4.52 Å². The molecule has 0 atom stereocenters. The third-order valence-corrected chi connectivity index (χ3v) is 5.99. The van der Waals surface area contributed by atoms with Crippen LogP contribution in [0, 0.1) is 13.8 Å². The molecule has 1 saturated carbocycles. The van der Waals surface area contributed by atoms with Crippen molar-refractivity contribution in [2.75, 3.05) is 5.32 Å². The van der Waals surface area contributed by atoms with Crippen LogP contribution >= 0.6 is 0 Å². The van der Waals surface area contributed by atoms with Crippen LogP contribution in [0.1, 0.15) is 66.8 Å². The number of aromatic nitrogens is 2. The Hall–Kier alpha value is -2.96. The van der Waals surface area contributed by atoms with E-state index in [0.717, 1.165) is 47.8 Å². The van der Waals surface area contributed by atoms with Gasteiger partial charge >= 0.3 is 0 Å². The summed E-state index contributed by atoms with van der Waals surface area (Å²) in [5, 5.41) is 11.5. The topological polar surface area (TPSA) is 80.0 Å². The van der Waals surface area contributed by atoms with Crippen molar-refractivity contribution in [1.82, 2.24) is 15.5 Å². The Morgan fingerprint density at radius 2 is 1.84 bits per heavy atom. The molecule has 7 heteroatoms. The lowest BCUT2D eigenvalue weighted by Gasteiger charge is -2.31. The van der Waals surface area contributed by atoms with Gasteiger partial charge in [0.2, 0.25) is 0 Å². The smallest absolute Gasteiger partial charge is 0.256 e. The summed E-state index contributed by atoms with van der Waals surface area (Å²) >= 11 is 0. The predicted molar refractivity (Wildman–Crippen MR) is 119 cm³/mol. The van der Waals surface area contributed by atoms with Crippen molar-refractivity contribution in [3.05, 3.63) is 53.0 Å². The van der Waals surface area contributed by atoms with Crippen molar-refractivity contribution in [3.8, 4) is 0 Å². The number of alkyl halides is 1. The number of halogens is 1. The van der Waals surface area contributed by atoms with E-state index in [1.807, 2.05) is 25.1 Å². The first-order valence-electron chi connectivity index (χ1n) is 10.8. The molecule has 0 spiro atoms. The van der Waals surface area contributed by atoms with E-state index >= 15 is 0 Å². The van der Waals surface area contributed by atoms with Crippen LogP contribution in [0.25, 0.3) is 10.9 Å². The first-order chi connectivity index (χ1) is 14.7. The number of nitrogens with zero attached hydrogens (tertiary/aromatic N) is 2. The van der Waals surface area contributed by atoms with Gasteiger partial charge in [-0.3, -0.25) is 4.79 Å². The Morgan fingerprint density at radius 3 is 2.48 bits per heavy atom. The quantitative estimate of drug-likeness (QED) is 0.589. The molecule has 164 valence electrons. The van der Waals surface area contributed by atoms with Gasteiger partial charge in [0.15, 0.2) is 0 Å². The van der Waals surface area contributed by atoms with Gasteiger partial charge in [-0.05, 0) is 71.6 Å². The second kappa shape index (κ2) is 8.29. The lowest BCUT2D eigenvalue weighted by Crippen LogP contribution is -2.40. The van der Waals surface area contributed by atoms with Crippen LogP contribution in [0.2, 0.25) is 0 Å². The summed E-state index contributed by atoms with van der Waals surface area (Å²) in [6.07, 6.45) is 4.96. The molecule has 2 aromatic heterocycles. The van der Waals surface area contributed by atoms with Crippen LogP contribution in [0.4, 0.5) is 10.1 Å². The van der Waals surface area contributed by atoms with Gasteiger partial charge in [0.1, 0.15) is 17.5 Å². The van der Waals surface area contributed by atoms with Gasteiger partial charge in [0, 0.05) is 23.2 Å². The molecule has 1 amide bonds. The van der Waals surface area contributed by atoms with Crippen LogP contribution < -0.4 is 10.6 Å². The molecule has 0 unspecified atom stereocenters. The number of nitrogens with one attached hydrogen (secondary N) is 2. The molecular weight excluding hydrogens is 395 g/mol. The zero-order chi connectivity index (χ0) is 22.2. The zero-order valence-electron chi connectivity index (χ0n) is 18.5. The minimum absolute atomic E-state index is 0.122. The molecule has 6 nitrogen and oxygen atoms in total. The summed E-state index contributed by atoms with van der Waals surface area (Å²) in [6.45, 7) is 6.86. The number of hydrogen-bond acceptors (Lipinski definition) is 5. The Bertz CT molecular complexity index is 1090. The molecule has 2 heterocycles. The first kappa shape index (κ1) is 21.3. The second-order valence-corrected chi connectivity index (χ2v) is 9.03. The molecule has 2 N–H and O–H groups in total. The summed E-state index contributed by atoms with van der Waals surface area (Å²) < 4.78 is 19.5. The van der Waals surface area contributed by atoms with Crippen LogP contribution in [0.3, 0.4) is 0 Å². The number of fused-ring (bicyclic) bond motifs is 1. The highest BCUT2D eigenvalue weighted by atomic mass is 19.1. The summed E-state index contributed by atoms with van der Waals surface area (Å²) in [7, 11) is 0. The molecule has 31 heavy (non-hydrogen) atoms. The number of carbonyl (C=O) groups is 1. The maximum absolute atomic E-state index is 14.7. The molecular formula is C24H29FN4O2. The highest BCUT2D eigenvalue weighted by molar-refractivity contribution is 5.95. The molecule has 1 fully saturated rings. The molecule has 4 rings (SSSR count). The SMILES string of the molecule is Cc1ccc2nc(C(C)(C)F)cc(NC3CCC(NC(=O)c4conc4C)CC3)c2c1. The number of aryl methyl sites for hydroxylation is 2. The summed E-state index contributed by atoms with van der Waals surface area (Å²) in [5.41, 5.74) is 2.84. The fraction of sp³-hybridized carbons (Fsp3) is 0.458. The van der Waals surface area contributed by atoms with Crippen molar-refractivity contribution >= 4 is 22.5 Å². The fourth-order valence-corrected chi connectivity index (χ4v) is 4.14. The number of amides is 1. The molecule has 0 radical (unpaired) electrons. The van der Waals surface area contributed by atoms with E-state index in [0.29, 0.717) is 17.0 Å². The third-order valence-electron chi connectivity index (χ3n) is 5.99. The minimum Gasteiger partial charge on any atom is -0.382 e. The van der Waals surface area contributed by atoms with Gasteiger partial charge in [-0.25, -0.2) is 9.37 Å². The van der Waals surface area contributed by atoms with Crippen LogP contribution in [0.5, 0.6) is 0 Å². The Kier molecular flexibility index (Phi) is 5.69. The minimum atomic E-state index is -1.52. The van der Waals surface area contributed by atoms with Gasteiger partial charge in [0.25, 0.3) is 5.91 Å². The number of hydrogen-bond donors (Lipinski definition) is 2. The monoisotopic (exact) mass is 424 g/mol. The van der Waals surface area contributed by atoms with E-state index < -0.39 is 5.67 Å². The van der Waals surface area contributed by atoms with Crippen LogP contribution in [-0.2, 0) is 5.67 Å². The molecule has 3 aromatic rings. The van der Waals surface area contributed by atoms with Crippen molar-refractivity contribution < 1.29 is 13.7 Å². The number of benzene rings is 1. The molecule has 1 aliphatic rings. The maximum Gasteiger partial charge on any atom is 0.256 e. The molecule has 1 aliphatic carbocycles. The van der Waals surface area contributed by atoms with E-state index in [2.05, 4.69) is 26.8 Å². The molecule has 0 bridgehead atoms. The van der Waals surface area contributed by atoms with E-state index in [1.54, 1.807) is 6.92 Å². The van der Waals surface area contributed by atoms with Gasteiger partial charge < -0.3 is 15.2 Å². The lowest BCUT2D eigenvalue weighted by molar-refractivity contribution is 0.0925. The number of anilines is 1. The van der Waals surface area contributed by atoms with E-state index in [-0.39, 0.29) is 18.0 Å². The van der Waals surface area contributed by atoms with Crippen LogP contribution in [0.15, 0.2) is 35.1 Å². The van der Waals surface area contributed by atoms with Gasteiger partial charge in [0.05, 0.1) is 16.9 Å². The van der Waals surface area contributed by atoms with Gasteiger partial charge in [-0.1, -0.05) is 16.8 Å². The highest BCUT2D eigenvalue weighted by Gasteiger charge is 2.26. The van der Waals surface area contributed by atoms with Gasteiger partial charge in [-0.2, -0.15) is 0 Å². The Balaban J connectivity index is 1.46. The highest BCUT2D eigenvalue weighted by Crippen LogP contribution is 2.33. The normalized spacial score (nSPS) is 19.4. The standard InChI is InChI=1S/C24H29FN4O2/c1-14-5-10-20-18(11-14)21(12-22(28-20)24(3,4)25)26-16-6-8-17(9-7-16)27-23(30)19-13-31-29-15(19)2/h5,10-13,16-17H,6-9H2,1-4H3,(H,26,28)(H,27,30). The fourth-order valence-electron chi connectivity index (χ4n) is 4.14. The zero-order valence-corrected chi connectivity index (χ0v) is 18.5. The predicted octanol–water partition coefficient (Wildman–Crippen LogP) is 5.20. The molecule has 0 saturated heterocycles. The van der Waals surface area contributed by atoms with E-state index in [9.17, 15) is 9.18 Å².